The van der Waals surface area contributed by atoms with Crippen molar-refractivity contribution in [2.24, 2.45) is 5.92 Å². The highest BCUT2D eigenvalue weighted by Gasteiger charge is 2.25. The van der Waals surface area contributed by atoms with Gasteiger partial charge >= 0.3 is 0 Å². The van der Waals surface area contributed by atoms with E-state index in [0.717, 1.165) is 19.5 Å². The van der Waals surface area contributed by atoms with Gasteiger partial charge in [-0.15, -0.1) is 11.3 Å². The first kappa shape index (κ1) is 10.6. The highest BCUT2D eigenvalue weighted by atomic mass is 32.1. The van der Waals surface area contributed by atoms with E-state index in [2.05, 4.69) is 29.0 Å². The molecule has 1 aliphatic rings. The standard InChI is InChI=1S/C11H16N2OS/c1-8(5-10-3-2-4-15-10)13-11(14)9-6-12-7-9/h2-4,8-9,12H,5-7H2,1H3,(H,13,14). The van der Waals surface area contributed by atoms with Crippen molar-refractivity contribution in [2.75, 3.05) is 13.1 Å². The van der Waals surface area contributed by atoms with Gasteiger partial charge in [-0.1, -0.05) is 6.07 Å². The molecule has 0 aliphatic carbocycles. The molecule has 82 valence electrons. The summed E-state index contributed by atoms with van der Waals surface area (Å²) in [7, 11) is 0. The smallest absolute Gasteiger partial charge is 0.225 e. The Morgan fingerprint density at radius 2 is 2.53 bits per heavy atom. The lowest BCUT2D eigenvalue weighted by molar-refractivity contribution is -0.127. The summed E-state index contributed by atoms with van der Waals surface area (Å²) in [6.45, 7) is 3.72. The molecule has 3 nitrogen and oxygen atoms in total. The molecule has 0 spiro atoms. The van der Waals surface area contributed by atoms with Gasteiger partial charge in [0.05, 0.1) is 5.92 Å². The number of thiophene rings is 1. The van der Waals surface area contributed by atoms with Crippen LogP contribution in [-0.4, -0.2) is 25.0 Å². The zero-order chi connectivity index (χ0) is 10.7. The predicted octanol–water partition coefficient (Wildman–Crippen LogP) is 1.01. The topological polar surface area (TPSA) is 41.1 Å². The minimum absolute atomic E-state index is 0.191. The predicted molar refractivity (Wildman–Crippen MR) is 62.0 cm³/mol. The summed E-state index contributed by atoms with van der Waals surface area (Å²) in [6, 6.07) is 4.39. The van der Waals surface area contributed by atoms with E-state index in [1.165, 1.54) is 4.88 Å². The lowest BCUT2D eigenvalue weighted by atomic mass is 10.0. The molecule has 2 heterocycles. The summed E-state index contributed by atoms with van der Waals surface area (Å²) in [6.07, 6.45) is 0.934. The zero-order valence-corrected chi connectivity index (χ0v) is 9.64. The molecule has 1 fully saturated rings. The average Bonchev–Trinajstić information content (AvgIpc) is 2.52. The van der Waals surface area contributed by atoms with E-state index < -0.39 is 0 Å². The number of carbonyl (C=O) groups is 1. The highest BCUT2D eigenvalue weighted by molar-refractivity contribution is 7.09. The van der Waals surface area contributed by atoms with Crippen LogP contribution < -0.4 is 10.6 Å². The van der Waals surface area contributed by atoms with Gasteiger partial charge in [-0.25, -0.2) is 0 Å². The molecule has 1 aromatic rings. The minimum atomic E-state index is 0.191. The van der Waals surface area contributed by atoms with Crippen molar-refractivity contribution in [3.63, 3.8) is 0 Å². The third kappa shape index (κ3) is 2.79. The maximum Gasteiger partial charge on any atom is 0.225 e. The molecular weight excluding hydrogens is 208 g/mol. The monoisotopic (exact) mass is 224 g/mol. The van der Waals surface area contributed by atoms with E-state index in [0.29, 0.717) is 0 Å². The van der Waals surface area contributed by atoms with Gasteiger partial charge in [-0.2, -0.15) is 0 Å². The second-order valence-corrected chi connectivity index (χ2v) is 5.08. The normalized spacial score (nSPS) is 18.2. The largest absolute Gasteiger partial charge is 0.353 e. The van der Waals surface area contributed by atoms with Crippen molar-refractivity contribution in [1.82, 2.24) is 10.6 Å². The number of carbonyl (C=O) groups excluding carboxylic acids is 1. The van der Waals surface area contributed by atoms with Crippen LogP contribution in [0.1, 0.15) is 11.8 Å². The fourth-order valence-corrected chi connectivity index (χ4v) is 2.45. The molecule has 1 amide bonds. The Balaban J connectivity index is 1.76. The van der Waals surface area contributed by atoms with Crippen molar-refractivity contribution in [2.45, 2.75) is 19.4 Å². The molecule has 1 unspecified atom stereocenters. The first-order valence-electron chi connectivity index (χ1n) is 5.29. The number of rotatable bonds is 4. The molecule has 1 aliphatic heterocycles. The summed E-state index contributed by atoms with van der Waals surface area (Å²) in [5, 5.41) is 8.22. The van der Waals surface area contributed by atoms with Crippen molar-refractivity contribution < 1.29 is 4.79 Å². The van der Waals surface area contributed by atoms with Gasteiger partial charge in [-0.05, 0) is 18.4 Å². The van der Waals surface area contributed by atoms with Gasteiger partial charge < -0.3 is 10.6 Å². The molecule has 2 rings (SSSR count). The Morgan fingerprint density at radius 1 is 1.73 bits per heavy atom. The molecule has 0 aromatic carbocycles. The number of nitrogens with one attached hydrogen (secondary N) is 2. The maximum absolute atomic E-state index is 11.6. The molecule has 4 heteroatoms. The highest BCUT2D eigenvalue weighted by Crippen LogP contribution is 2.11. The Hall–Kier alpha value is -0.870. The SMILES string of the molecule is CC(Cc1cccs1)NC(=O)C1CNC1. The second-order valence-electron chi connectivity index (χ2n) is 4.05. The van der Waals surface area contributed by atoms with Gasteiger partial charge in [0.1, 0.15) is 0 Å². The third-order valence-corrected chi connectivity index (χ3v) is 3.53. The first-order valence-corrected chi connectivity index (χ1v) is 6.17. The Labute approximate surface area is 93.9 Å². The van der Waals surface area contributed by atoms with Crippen LogP contribution in [0.3, 0.4) is 0 Å². The van der Waals surface area contributed by atoms with Crippen LogP contribution in [0.4, 0.5) is 0 Å². The van der Waals surface area contributed by atoms with Crippen LogP contribution in [0.5, 0.6) is 0 Å². The Morgan fingerprint density at radius 3 is 3.07 bits per heavy atom. The number of hydrogen-bond acceptors (Lipinski definition) is 3. The van der Waals surface area contributed by atoms with E-state index in [4.69, 9.17) is 0 Å². The number of amides is 1. The van der Waals surface area contributed by atoms with E-state index in [1.807, 2.05) is 6.07 Å². The van der Waals surface area contributed by atoms with Crippen molar-refractivity contribution in [3.05, 3.63) is 22.4 Å². The van der Waals surface area contributed by atoms with Gasteiger partial charge in [-0.3, -0.25) is 4.79 Å². The van der Waals surface area contributed by atoms with Crippen LogP contribution in [0.15, 0.2) is 17.5 Å². The molecule has 15 heavy (non-hydrogen) atoms. The van der Waals surface area contributed by atoms with Crippen molar-refractivity contribution >= 4 is 17.2 Å². The molecular formula is C11H16N2OS. The quantitative estimate of drug-likeness (QED) is 0.801. The lowest BCUT2D eigenvalue weighted by Crippen LogP contribution is -2.52. The van der Waals surface area contributed by atoms with Gasteiger partial charge in [0.2, 0.25) is 5.91 Å². The molecule has 1 atom stereocenters. The molecule has 1 aromatic heterocycles. The van der Waals surface area contributed by atoms with Gasteiger partial charge in [0, 0.05) is 30.4 Å². The van der Waals surface area contributed by atoms with Gasteiger partial charge in [0.25, 0.3) is 0 Å². The number of hydrogen-bond donors (Lipinski definition) is 2. The van der Waals surface area contributed by atoms with Crippen LogP contribution in [-0.2, 0) is 11.2 Å². The van der Waals surface area contributed by atoms with Gasteiger partial charge in [0.15, 0.2) is 0 Å². The van der Waals surface area contributed by atoms with Crippen LogP contribution in [0.25, 0.3) is 0 Å². The summed E-state index contributed by atoms with van der Waals surface area (Å²) >= 11 is 1.74. The molecule has 0 bridgehead atoms. The fourth-order valence-electron chi connectivity index (χ4n) is 1.62. The average molecular weight is 224 g/mol. The maximum atomic E-state index is 11.6. The molecule has 0 saturated carbocycles. The molecule has 1 saturated heterocycles. The Bertz CT molecular complexity index is 319. The fraction of sp³-hybridized carbons (Fsp3) is 0.545. The lowest BCUT2D eigenvalue weighted by Gasteiger charge is -2.27. The summed E-state index contributed by atoms with van der Waals surface area (Å²) in [4.78, 5) is 12.9. The Kier molecular flexibility index (Phi) is 3.38. The third-order valence-electron chi connectivity index (χ3n) is 2.63. The van der Waals surface area contributed by atoms with E-state index in [9.17, 15) is 4.79 Å². The minimum Gasteiger partial charge on any atom is -0.353 e. The summed E-state index contributed by atoms with van der Waals surface area (Å²) in [5.74, 6) is 0.383. The summed E-state index contributed by atoms with van der Waals surface area (Å²) in [5.41, 5.74) is 0. The van der Waals surface area contributed by atoms with Crippen LogP contribution in [0.2, 0.25) is 0 Å². The molecule has 2 N–H and O–H groups in total. The zero-order valence-electron chi connectivity index (χ0n) is 8.82. The second kappa shape index (κ2) is 4.77. The van der Waals surface area contributed by atoms with E-state index >= 15 is 0 Å². The van der Waals surface area contributed by atoms with Crippen molar-refractivity contribution in [3.8, 4) is 0 Å². The molecule has 0 radical (unpaired) electrons. The first-order chi connectivity index (χ1) is 7.25. The van der Waals surface area contributed by atoms with Crippen LogP contribution in [0, 0.1) is 5.92 Å². The summed E-state index contributed by atoms with van der Waals surface area (Å²) < 4.78 is 0. The van der Waals surface area contributed by atoms with E-state index in [-0.39, 0.29) is 17.9 Å². The van der Waals surface area contributed by atoms with E-state index in [1.54, 1.807) is 11.3 Å². The van der Waals surface area contributed by atoms with Crippen LogP contribution >= 0.6 is 11.3 Å². The van der Waals surface area contributed by atoms with Crippen molar-refractivity contribution in [1.29, 1.82) is 0 Å².